The van der Waals surface area contributed by atoms with Crippen LogP contribution in [-0.2, 0) is 10.5 Å². The molecule has 2 aromatic carbocycles. The lowest BCUT2D eigenvalue weighted by atomic mass is 10.0. The molecule has 1 amide bonds. The third-order valence-electron chi connectivity index (χ3n) is 5.31. The van der Waals surface area contributed by atoms with Gasteiger partial charge in [0.15, 0.2) is 5.75 Å². The zero-order valence-corrected chi connectivity index (χ0v) is 18.6. The molecule has 1 saturated heterocycles. The predicted molar refractivity (Wildman–Crippen MR) is 119 cm³/mol. The molecular weight excluding hydrogens is 420 g/mol. The summed E-state index contributed by atoms with van der Waals surface area (Å²) in [6.45, 7) is 0.702. The van der Waals surface area contributed by atoms with Gasteiger partial charge < -0.3 is 19.1 Å². The third-order valence-corrected chi connectivity index (χ3v) is 6.30. The van der Waals surface area contributed by atoms with Crippen LogP contribution in [0.4, 0.5) is 5.69 Å². The van der Waals surface area contributed by atoms with E-state index in [2.05, 4.69) is 0 Å². The molecule has 1 fully saturated rings. The van der Waals surface area contributed by atoms with Gasteiger partial charge >= 0.3 is 5.69 Å². The van der Waals surface area contributed by atoms with Gasteiger partial charge in [0.1, 0.15) is 11.5 Å². The van der Waals surface area contributed by atoms with E-state index in [9.17, 15) is 14.9 Å². The van der Waals surface area contributed by atoms with Crippen LogP contribution in [0.1, 0.15) is 30.0 Å². The van der Waals surface area contributed by atoms with Crippen LogP contribution in [0.15, 0.2) is 36.4 Å². The van der Waals surface area contributed by atoms with Crippen LogP contribution in [0, 0.1) is 10.1 Å². The summed E-state index contributed by atoms with van der Waals surface area (Å²) in [4.78, 5) is 25.6. The van der Waals surface area contributed by atoms with Crippen molar-refractivity contribution >= 4 is 23.4 Å². The lowest BCUT2D eigenvalue weighted by Crippen LogP contribution is -2.32. The van der Waals surface area contributed by atoms with Gasteiger partial charge in [0, 0.05) is 30.0 Å². The standard InChI is InChI=1S/C22H26N2O6S/c1-28-16-7-8-17(21(12-16)30-3)18-5-4-10-23(18)22(25)14-31-13-15-6-9-20(29-2)19(11-15)24(26)27/h6-9,11-12,18H,4-5,10,13-14H2,1-3H3. The molecule has 0 saturated carbocycles. The summed E-state index contributed by atoms with van der Waals surface area (Å²) < 4.78 is 15.8. The van der Waals surface area contributed by atoms with Gasteiger partial charge in [0.05, 0.1) is 38.0 Å². The first kappa shape index (κ1) is 22.7. The number of hydrogen-bond donors (Lipinski definition) is 0. The highest BCUT2D eigenvalue weighted by Crippen LogP contribution is 2.39. The Hall–Kier alpha value is -2.94. The number of methoxy groups -OCH3 is 3. The van der Waals surface area contributed by atoms with Gasteiger partial charge in [0.25, 0.3) is 0 Å². The molecule has 0 bridgehead atoms. The molecule has 0 spiro atoms. The maximum absolute atomic E-state index is 12.9. The number of nitrogens with zero attached hydrogens (tertiary/aromatic N) is 2. The average molecular weight is 447 g/mol. The number of ether oxygens (including phenoxy) is 3. The van der Waals surface area contributed by atoms with Gasteiger partial charge in [-0.1, -0.05) is 6.07 Å². The highest BCUT2D eigenvalue weighted by molar-refractivity contribution is 7.99. The lowest BCUT2D eigenvalue weighted by molar-refractivity contribution is -0.385. The number of hydrogen-bond acceptors (Lipinski definition) is 7. The van der Waals surface area contributed by atoms with E-state index in [0.29, 0.717) is 29.5 Å². The van der Waals surface area contributed by atoms with Crippen LogP contribution >= 0.6 is 11.8 Å². The van der Waals surface area contributed by atoms with Crippen molar-refractivity contribution in [1.82, 2.24) is 4.90 Å². The van der Waals surface area contributed by atoms with Crippen LogP contribution in [-0.4, -0.2) is 49.4 Å². The maximum Gasteiger partial charge on any atom is 0.311 e. The Morgan fingerprint density at radius 1 is 1.13 bits per heavy atom. The monoisotopic (exact) mass is 446 g/mol. The number of benzene rings is 2. The SMILES string of the molecule is COc1ccc(C2CCCN2C(=O)CSCc2ccc(OC)c([N+](=O)[O-])c2)c(OC)c1. The van der Waals surface area contributed by atoms with Crippen molar-refractivity contribution in [2.45, 2.75) is 24.6 Å². The van der Waals surface area contributed by atoms with E-state index in [0.717, 1.165) is 24.0 Å². The van der Waals surface area contributed by atoms with Crippen LogP contribution in [0.2, 0.25) is 0 Å². The summed E-state index contributed by atoms with van der Waals surface area (Å²) >= 11 is 1.44. The minimum atomic E-state index is -0.463. The largest absolute Gasteiger partial charge is 0.497 e. The second kappa shape index (κ2) is 10.4. The molecule has 2 aromatic rings. The van der Waals surface area contributed by atoms with Gasteiger partial charge in [-0.2, -0.15) is 0 Å². The normalized spacial score (nSPS) is 15.6. The Balaban J connectivity index is 1.64. The van der Waals surface area contributed by atoms with Gasteiger partial charge in [-0.15, -0.1) is 11.8 Å². The van der Waals surface area contributed by atoms with Gasteiger partial charge in [-0.05, 0) is 36.6 Å². The molecule has 1 atom stereocenters. The number of amides is 1. The second-order valence-electron chi connectivity index (χ2n) is 7.11. The fourth-order valence-electron chi connectivity index (χ4n) is 3.79. The molecule has 8 nitrogen and oxygen atoms in total. The number of nitro groups is 1. The average Bonchev–Trinajstić information content (AvgIpc) is 3.28. The van der Waals surface area contributed by atoms with E-state index in [4.69, 9.17) is 14.2 Å². The van der Waals surface area contributed by atoms with Crippen molar-refractivity contribution in [1.29, 1.82) is 0 Å². The molecular formula is C22H26N2O6S. The Labute approximate surface area is 185 Å². The Bertz CT molecular complexity index is 952. The molecule has 0 aromatic heterocycles. The predicted octanol–water partition coefficient (Wildman–Crippen LogP) is 4.22. The number of thioether (sulfide) groups is 1. The lowest BCUT2D eigenvalue weighted by Gasteiger charge is -2.26. The summed E-state index contributed by atoms with van der Waals surface area (Å²) in [7, 11) is 4.62. The fourth-order valence-corrected chi connectivity index (χ4v) is 4.65. The van der Waals surface area contributed by atoms with Gasteiger partial charge in [0.2, 0.25) is 5.91 Å². The summed E-state index contributed by atoms with van der Waals surface area (Å²) in [5.41, 5.74) is 1.68. The zero-order valence-electron chi connectivity index (χ0n) is 17.8. The number of nitro benzene ring substituents is 1. The molecule has 1 aliphatic heterocycles. The topological polar surface area (TPSA) is 91.1 Å². The molecule has 1 unspecified atom stereocenters. The minimum absolute atomic E-state index is 0.0315. The van der Waals surface area contributed by atoms with Crippen LogP contribution in [0.3, 0.4) is 0 Å². The minimum Gasteiger partial charge on any atom is -0.497 e. The van der Waals surface area contributed by atoms with E-state index in [-0.39, 0.29) is 23.4 Å². The smallest absolute Gasteiger partial charge is 0.311 e. The quantitative estimate of drug-likeness (QED) is 0.421. The molecule has 0 radical (unpaired) electrons. The number of carbonyl (C=O) groups is 1. The highest BCUT2D eigenvalue weighted by atomic mass is 32.2. The first-order chi connectivity index (χ1) is 15.0. The number of rotatable bonds is 9. The van der Waals surface area contributed by atoms with Gasteiger partial charge in [-0.25, -0.2) is 0 Å². The first-order valence-electron chi connectivity index (χ1n) is 9.89. The van der Waals surface area contributed by atoms with E-state index < -0.39 is 4.92 Å². The van der Waals surface area contributed by atoms with Crippen molar-refractivity contribution in [2.75, 3.05) is 33.6 Å². The van der Waals surface area contributed by atoms with Crippen molar-refractivity contribution < 1.29 is 23.9 Å². The fraction of sp³-hybridized carbons (Fsp3) is 0.409. The number of likely N-dealkylation sites (tertiary alicyclic amines) is 1. The molecule has 31 heavy (non-hydrogen) atoms. The molecule has 166 valence electrons. The molecule has 0 N–H and O–H groups in total. The molecule has 1 heterocycles. The van der Waals surface area contributed by atoms with Gasteiger partial charge in [-0.3, -0.25) is 14.9 Å². The molecule has 0 aliphatic carbocycles. The third kappa shape index (κ3) is 5.22. The molecule has 9 heteroatoms. The number of carbonyl (C=O) groups excluding carboxylic acids is 1. The molecule has 3 rings (SSSR count). The molecule has 1 aliphatic rings. The summed E-state index contributed by atoms with van der Waals surface area (Å²) in [5, 5.41) is 11.2. The van der Waals surface area contributed by atoms with Crippen LogP contribution in [0.5, 0.6) is 17.2 Å². The summed E-state index contributed by atoms with van der Waals surface area (Å²) in [6, 6.07) is 10.5. The summed E-state index contributed by atoms with van der Waals surface area (Å²) in [5.74, 6) is 2.50. The summed E-state index contributed by atoms with van der Waals surface area (Å²) in [6.07, 6.45) is 1.81. The van der Waals surface area contributed by atoms with Crippen molar-refractivity contribution in [3.63, 3.8) is 0 Å². The van der Waals surface area contributed by atoms with E-state index >= 15 is 0 Å². The zero-order chi connectivity index (χ0) is 22.4. The highest BCUT2D eigenvalue weighted by Gasteiger charge is 2.31. The van der Waals surface area contributed by atoms with Crippen molar-refractivity contribution in [2.24, 2.45) is 0 Å². The van der Waals surface area contributed by atoms with Crippen LogP contribution in [0.25, 0.3) is 0 Å². The van der Waals surface area contributed by atoms with E-state index in [1.54, 1.807) is 26.4 Å². The van der Waals surface area contributed by atoms with E-state index in [1.807, 2.05) is 23.1 Å². The maximum atomic E-state index is 12.9. The Kier molecular flexibility index (Phi) is 7.62. The second-order valence-corrected chi connectivity index (χ2v) is 8.09. The Morgan fingerprint density at radius 2 is 1.90 bits per heavy atom. The van der Waals surface area contributed by atoms with E-state index in [1.165, 1.54) is 24.9 Å². The van der Waals surface area contributed by atoms with Crippen molar-refractivity contribution in [3.8, 4) is 17.2 Å². The van der Waals surface area contributed by atoms with Crippen molar-refractivity contribution in [3.05, 3.63) is 57.6 Å². The Morgan fingerprint density at radius 3 is 2.58 bits per heavy atom. The van der Waals surface area contributed by atoms with Crippen LogP contribution < -0.4 is 14.2 Å². The first-order valence-corrected chi connectivity index (χ1v) is 11.0.